The molecule has 132 valence electrons. The van der Waals surface area contributed by atoms with Gasteiger partial charge in [0, 0.05) is 16.6 Å². The van der Waals surface area contributed by atoms with Gasteiger partial charge in [0.05, 0.1) is 16.7 Å². The number of hydrogen-bond acceptors (Lipinski definition) is 3. The molecule has 3 heteroatoms. The lowest BCUT2D eigenvalue weighted by Gasteiger charge is -2.44. The third-order valence-corrected chi connectivity index (χ3v) is 6.86. The van der Waals surface area contributed by atoms with E-state index in [1.54, 1.807) is 11.3 Å². The molecule has 0 saturated heterocycles. The summed E-state index contributed by atoms with van der Waals surface area (Å²) in [6.45, 7) is 2.08. The molecular weight excluding hydrogens is 336 g/mol. The van der Waals surface area contributed by atoms with Gasteiger partial charge in [0.25, 0.3) is 0 Å². The number of nitrogens with zero attached hydrogens (tertiary/aromatic N) is 1. The number of rotatable bonds is 2. The van der Waals surface area contributed by atoms with Gasteiger partial charge in [0.2, 0.25) is 0 Å². The Bertz CT molecular complexity index is 915. The Morgan fingerprint density at radius 1 is 1.04 bits per heavy atom. The van der Waals surface area contributed by atoms with E-state index in [1.165, 1.54) is 48.1 Å². The third-order valence-electron chi connectivity index (χ3n) is 6.08. The second kappa shape index (κ2) is 6.55. The van der Waals surface area contributed by atoms with Crippen molar-refractivity contribution in [3.05, 3.63) is 70.0 Å². The lowest BCUT2D eigenvalue weighted by Crippen LogP contribution is -2.33. The molecule has 26 heavy (non-hydrogen) atoms. The minimum Gasteiger partial charge on any atom is -0.378 e. The monoisotopic (exact) mass is 360 g/mol. The number of thiazole rings is 1. The van der Waals surface area contributed by atoms with Gasteiger partial charge in [-0.05, 0) is 54.9 Å². The molecule has 1 aliphatic carbocycles. The quantitative estimate of drug-likeness (QED) is 0.560. The standard InChI is InChI=1S/C23H24N2S/c1-15-24-22(14-26-15)17-11-12-21-20(13-17)18-9-5-6-10-19(18)23(25-21)16-7-3-2-4-8-16/h2-4,7-8,11-14,18-19,23,25H,5-6,9-10H2,1H3. The SMILES string of the molecule is Cc1nc(-c2ccc3c(c2)C2CCCCC2C(c2ccccc2)N3)cs1. The van der Waals surface area contributed by atoms with Gasteiger partial charge in [0.1, 0.15) is 0 Å². The maximum absolute atomic E-state index is 4.69. The average Bonchev–Trinajstić information content (AvgIpc) is 3.14. The van der Waals surface area contributed by atoms with Crippen LogP contribution in [-0.2, 0) is 0 Å². The van der Waals surface area contributed by atoms with Crippen LogP contribution in [0.5, 0.6) is 0 Å². The van der Waals surface area contributed by atoms with Gasteiger partial charge in [0.15, 0.2) is 0 Å². The van der Waals surface area contributed by atoms with Gasteiger partial charge >= 0.3 is 0 Å². The summed E-state index contributed by atoms with van der Waals surface area (Å²) in [6.07, 6.45) is 5.33. The van der Waals surface area contributed by atoms with E-state index in [2.05, 4.69) is 66.2 Å². The summed E-state index contributed by atoms with van der Waals surface area (Å²) in [4.78, 5) is 4.69. The molecule has 3 atom stereocenters. The molecule has 2 nitrogen and oxygen atoms in total. The second-order valence-corrected chi connectivity index (χ2v) is 8.70. The van der Waals surface area contributed by atoms with Gasteiger partial charge in [-0.3, -0.25) is 0 Å². The van der Waals surface area contributed by atoms with Gasteiger partial charge < -0.3 is 5.32 Å². The summed E-state index contributed by atoms with van der Waals surface area (Å²) < 4.78 is 0. The van der Waals surface area contributed by atoms with E-state index >= 15 is 0 Å². The molecule has 1 aliphatic heterocycles. The van der Waals surface area contributed by atoms with Crippen molar-refractivity contribution in [2.24, 2.45) is 5.92 Å². The molecule has 1 saturated carbocycles. The van der Waals surface area contributed by atoms with Crippen LogP contribution < -0.4 is 5.32 Å². The summed E-state index contributed by atoms with van der Waals surface area (Å²) >= 11 is 1.73. The van der Waals surface area contributed by atoms with Crippen molar-refractivity contribution in [1.82, 2.24) is 4.98 Å². The molecule has 1 aromatic heterocycles. The van der Waals surface area contributed by atoms with Gasteiger partial charge in [-0.2, -0.15) is 0 Å². The van der Waals surface area contributed by atoms with Crippen molar-refractivity contribution < 1.29 is 0 Å². The van der Waals surface area contributed by atoms with Crippen LogP contribution in [0.1, 0.15) is 53.8 Å². The molecule has 0 spiro atoms. The van der Waals surface area contributed by atoms with Crippen LogP contribution >= 0.6 is 11.3 Å². The fourth-order valence-corrected chi connectivity index (χ4v) is 5.49. The normalized spacial score (nSPS) is 24.4. The number of aryl methyl sites for hydroxylation is 1. The van der Waals surface area contributed by atoms with E-state index in [4.69, 9.17) is 4.98 Å². The number of benzene rings is 2. The minimum atomic E-state index is 0.432. The Kier molecular flexibility index (Phi) is 4.05. The molecule has 0 bridgehead atoms. The zero-order valence-corrected chi connectivity index (χ0v) is 15.9. The third kappa shape index (κ3) is 2.75. The van der Waals surface area contributed by atoms with Crippen molar-refractivity contribution in [2.45, 2.75) is 44.6 Å². The maximum atomic E-state index is 4.69. The number of nitrogens with one attached hydrogen (secondary N) is 1. The van der Waals surface area contributed by atoms with E-state index in [1.807, 2.05) is 0 Å². The van der Waals surface area contributed by atoms with Crippen molar-refractivity contribution in [1.29, 1.82) is 0 Å². The Labute approximate surface area is 159 Å². The van der Waals surface area contributed by atoms with Crippen molar-refractivity contribution in [3.8, 4) is 11.3 Å². The van der Waals surface area contributed by atoms with E-state index < -0.39 is 0 Å². The summed E-state index contributed by atoms with van der Waals surface area (Å²) in [7, 11) is 0. The number of hydrogen-bond donors (Lipinski definition) is 1. The molecule has 2 aromatic carbocycles. The number of fused-ring (bicyclic) bond motifs is 3. The summed E-state index contributed by atoms with van der Waals surface area (Å²) in [5.41, 5.74) is 6.63. The lowest BCUT2D eigenvalue weighted by molar-refractivity contribution is 0.265. The first-order valence-electron chi connectivity index (χ1n) is 9.67. The molecule has 1 N–H and O–H groups in total. The Hall–Kier alpha value is -2.13. The number of anilines is 1. The topological polar surface area (TPSA) is 24.9 Å². The first-order valence-corrected chi connectivity index (χ1v) is 10.6. The Morgan fingerprint density at radius 2 is 1.88 bits per heavy atom. The first-order chi connectivity index (χ1) is 12.8. The van der Waals surface area contributed by atoms with Crippen LogP contribution in [0.3, 0.4) is 0 Å². The zero-order valence-electron chi connectivity index (χ0n) is 15.1. The predicted octanol–water partition coefficient (Wildman–Crippen LogP) is 6.56. The second-order valence-electron chi connectivity index (χ2n) is 7.64. The van der Waals surface area contributed by atoms with Gasteiger partial charge in [-0.1, -0.05) is 49.2 Å². The Balaban J connectivity index is 1.57. The molecule has 2 heterocycles. The van der Waals surface area contributed by atoms with Crippen molar-refractivity contribution in [2.75, 3.05) is 5.32 Å². The lowest BCUT2D eigenvalue weighted by atomic mass is 9.68. The van der Waals surface area contributed by atoms with Crippen LogP contribution in [0.2, 0.25) is 0 Å². The highest BCUT2D eigenvalue weighted by molar-refractivity contribution is 7.09. The molecule has 0 amide bonds. The van der Waals surface area contributed by atoms with E-state index in [0.29, 0.717) is 17.9 Å². The zero-order chi connectivity index (χ0) is 17.5. The molecule has 0 radical (unpaired) electrons. The minimum absolute atomic E-state index is 0.432. The fourth-order valence-electron chi connectivity index (χ4n) is 4.87. The fraction of sp³-hybridized carbons (Fsp3) is 0.348. The van der Waals surface area contributed by atoms with Crippen LogP contribution in [-0.4, -0.2) is 4.98 Å². The van der Waals surface area contributed by atoms with Crippen LogP contribution in [0, 0.1) is 12.8 Å². The van der Waals surface area contributed by atoms with Crippen molar-refractivity contribution >= 4 is 17.0 Å². The van der Waals surface area contributed by atoms with E-state index in [0.717, 1.165) is 10.7 Å². The highest BCUT2D eigenvalue weighted by Crippen LogP contribution is 2.51. The average molecular weight is 361 g/mol. The van der Waals surface area contributed by atoms with Crippen LogP contribution in [0.4, 0.5) is 5.69 Å². The van der Waals surface area contributed by atoms with E-state index in [9.17, 15) is 0 Å². The maximum Gasteiger partial charge on any atom is 0.0901 e. The molecule has 3 aromatic rings. The molecule has 3 unspecified atom stereocenters. The largest absolute Gasteiger partial charge is 0.378 e. The first kappa shape index (κ1) is 16.1. The molecule has 1 fully saturated rings. The summed E-state index contributed by atoms with van der Waals surface area (Å²) in [6, 6.07) is 18.3. The van der Waals surface area contributed by atoms with Gasteiger partial charge in [-0.15, -0.1) is 11.3 Å². The van der Waals surface area contributed by atoms with Crippen LogP contribution in [0.15, 0.2) is 53.9 Å². The van der Waals surface area contributed by atoms with Gasteiger partial charge in [-0.25, -0.2) is 4.98 Å². The predicted molar refractivity (Wildman–Crippen MR) is 110 cm³/mol. The number of aromatic nitrogens is 1. The highest BCUT2D eigenvalue weighted by Gasteiger charge is 2.38. The smallest absolute Gasteiger partial charge is 0.0901 e. The summed E-state index contributed by atoms with van der Waals surface area (Å²) in [5, 5.41) is 7.19. The molecule has 2 aliphatic rings. The highest BCUT2D eigenvalue weighted by atomic mass is 32.1. The molecule has 5 rings (SSSR count). The van der Waals surface area contributed by atoms with E-state index in [-0.39, 0.29) is 0 Å². The Morgan fingerprint density at radius 3 is 2.69 bits per heavy atom. The molecular formula is C23H24N2S. The van der Waals surface area contributed by atoms with Crippen LogP contribution in [0.25, 0.3) is 11.3 Å². The van der Waals surface area contributed by atoms with Crippen molar-refractivity contribution in [3.63, 3.8) is 0 Å². The summed E-state index contributed by atoms with van der Waals surface area (Å²) in [5.74, 6) is 1.34.